The number of rotatable bonds is 2. The molecule has 2 N–H and O–H groups in total. The van der Waals surface area contributed by atoms with E-state index in [9.17, 15) is 10.1 Å². The van der Waals surface area contributed by atoms with Crippen LogP contribution in [0.4, 0.5) is 0 Å². The van der Waals surface area contributed by atoms with Crippen LogP contribution in [0.3, 0.4) is 0 Å². The summed E-state index contributed by atoms with van der Waals surface area (Å²) in [7, 11) is 2.05. The molecule has 2 aliphatic rings. The zero-order valence-electron chi connectivity index (χ0n) is 15.7. The largest absolute Gasteiger partial charge is 0.366 e. The predicted octanol–water partition coefficient (Wildman–Crippen LogP) is 1.15. The first kappa shape index (κ1) is 18.8. The van der Waals surface area contributed by atoms with E-state index in [4.69, 9.17) is 5.73 Å². The monoisotopic (exact) mass is 333 g/mol. The average molecular weight is 333 g/mol. The van der Waals surface area contributed by atoms with Crippen LogP contribution in [-0.4, -0.2) is 71.0 Å². The van der Waals surface area contributed by atoms with Crippen molar-refractivity contribution in [2.45, 2.75) is 57.7 Å². The maximum Gasteiger partial charge on any atom is 0.266 e. The lowest BCUT2D eigenvalue weighted by Gasteiger charge is -2.54. The van der Waals surface area contributed by atoms with E-state index in [0.29, 0.717) is 13.1 Å². The van der Waals surface area contributed by atoms with Crippen molar-refractivity contribution < 1.29 is 4.79 Å². The number of carbonyl (C=O) groups is 1. The Kier molecular flexibility index (Phi) is 5.26. The Morgan fingerprint density at radius 1 is 1.12 bits per heavy atom. The molecule has 1 amide bonds. The number of hydrogen-bond acceptors (Lipinski definition) is 5. The molecule has 2 aliphatic heterocycles. The van der Waals surface area contributed by atoms with Crippen LogP contribution in [0.5, 0.6) is 0 Å². The summed E-state index contributed by atoms with van der Waals surface area (Å²) in [6.45, 7) is 11.5. The van der Waals surface area contributed by atoms with Gasteiger partial charge in [-0.1, -0.05) is 0 Å². The van der Waals surface area contributed by atoms with Gasteiger partial charge in [0.15, 0.2) is 0 Å². The first-order chi connectivity index (χ1) is 11.1. The van der Waals surface area contributed by atoms with E-state index < -0.39 is 0 Å². The number of nitrogens with zero attached hydrogens (tertiary/aromatic N) is 4. The summed E-state index contributed by atoms with van der Waals surface area (Å²) in [5, 5.41) is 9.57. The number of hydrogen-bond donors (Lipinski definition) is 1. The molecular weight excluding hydrogens is 302 g/mol. The van der Waals surface area contributed by atoms with Crippen molar-refractivity contribution in [3.05, 3.63) is 11.8 Å². The fraction of sp³-hybridized carbons (Fsp3) is 0.778. The molecule has 24 heavy (non-hydrogen) atoms. The Labute approximate surface area is 145 Å². The van der Waals surface area contributed by atoms with E-state index in [0.717, 1.165) is 25.9 Å². The summed E-state index contributed by atoms with van der Waals surface area (Å²) in [6, 6.07) is 2.27. The zero-order chi connectivity index (χ0) is 18.1. The topological polar surface area (TPSA) is 76.6 Å². The van der Waals surface area contributed by atoms with Gasteiger partial charge >= 0.3 is 0 Å². The fourth-order valence-corrected chi connectivity index (χ4v) is 4.16. The summed E-state index contributed by atoms with van der Waals surface area (Å²) in [6.07, 6.45) is 3.45. The molecule has 2 heterocycles. The van der Waals surface area contributed by atoms with Crippen molar-refractivity contribution in [2.24, 2.45) is 5.73 Å². The number of nitriles is 1. The number of likely N-dealkylation sites (N-methyl/N-ethyl adjacent to an activating group) is 1. The van der Waals surface area contributed by atoms with Gasteiger partial charge < -0.3 is 20.4 Å². The van der Waals surface area contributed by atoms with Gasteiger partial charge in [-0.25, -0.2) is 0 Å². The molecule has 0 aromatic carbocycles. The summed E-state index contributed by atoms with van der Waals surface area (Å²) in [5.74, 6) is -0.160. The van der Waals surface area contributed by atoms with Crippen LogP contribution in [0.25, 0.3) is 0 Å². The second kappa shape index (κ2) is 6.73. The molecule has 0 aromatic heterocycles. The third-order valence-corrected chi connectivity index (χ3v) is 5.23. The van der Waals surface area contributed by atoms with E-state index in [1.54, 1.807) is 11.1 Å². The molecule has 6 nitrogen and oxygen atoms in total. The quantitative estimate of drug-likeness (QED) is 0.606. The van der Waals surface area contributed by atoms with Crippen LogP contribution >= 0.6 is 0 Å². The average Bonchev–Trinajstić information content (AvgIpc) is 2.45. The zero-order valence-corrected chi connectivity index (χ0v) is 15.7. The second-order valence-corrected chi connectivity index (χ2v) is 8.41. The molecule has 0 radical (unpaired) electrons. The first-order valence-electron chi connectivity index (χ1n) is 8.71. The Bertz CT molecular complexity index is 534. The van der Waals surface area contributed by atoms with E-state index in [-0.39, 0.29) is 28.6 Å². The van der Waals surface area contributed by atoms with Gasteiger partial charge in [-0.2, -0.15) is 5.26 Å². The SMILES string of the molecule is CN1CCN(C(=O)/C(C#N)=C\N2C(C)(C)CC(N)CC2(C)C)CC1. The minimum absolute atomic E-state index is 0.138. The van der Waals surface area contributed by atoms with Gasteiger partial charge in [0, 0.05) is 49.5 Å². The third kappa shape index (κ3) is 3.90. The van der Waals surface area contributed by atoms with Crippen LogP contribution in [0.15, 0.2) is 11.8 Å². The van der Waals surface area contributed by atoms with E-state index in [1.807, 2.05) is 7.05 Å². The molecule has 0 unspecified atom stereocenters. The van der Waals surface area contributed by atoms with Crippen molar-refractivity contribution in [3.63, 3.8) is 0 Å². The lowest BCUT2D eigenvalue weighted by atomic mass is 9.77. The van der Waals surface area contributed by atoms with Gasteiger partial charge in [0.2, 0.25) is 0 Å². The highest BCUT2D eigenvalue weighted by atomic mass is 16.2. The molecule has 6 heteroatoms. The van der Waals surface area contributed by atoms with E-state index in [2.05, 4.69) is 43.6 Å². The lowest BCUT2D eigenvalue weighted by molar-refractivity contribution is -0.128. The van der Waals surface area contributed by atoms with Gasteiger partial charge in [0.1, 0.15) is 11.6 Å². The Morgan fingerprint density at radius 3 is 2.08 bits per heavy atom. The van der Waals surface area contributed by atoms with Crippen molar-refractivity contribution >= 4 is 5.91 Å². The fourth-order valence-electron chi connectivity index (χ4n) is 4.16. The van der Waals surface area contributed by atoms with Crippen LogP contribution in [-0.2, 0) is 4.79 Å². The highest BCUT2D eigenvalue weighted by Crippen LogP contribution is 2.38. The highest BCUT2D eigenvalue weighted by Gasteiger charge is 2.43. The number of likely N-dealkylation sites (tertiary alicyclic amines) is 1. The van der Waals surface area contributed by atoms with Crippen molar-refractivity contribution in [3.8, 4) is 6.07 Å². The van der Waals surface area contributed by atoms with E-state index in [1.165, 1.54) is 0 Å². The number of carbonyl (C=O) groups excluding carboxylic acids is 1. The Hall–Kier alpha value is -1.58. The molecular formula is C18H31N5O. The smallest absolute Gasteiger partial charge is 0.266 e. The van der Waals surface area contributed by atoms with Crippen LogP contribution in [0, 0.1) is 11.3 Å². The third-order valence-electron chi connectivity index (χ3n) is 5.23. The maximum absolute atomic E-state index is 12.8. The van der Waals surface area contributed by atoms with Gasteiger partial charge in [-0.15, -0.1) is 0 Å². The predicted molar refractivity (Wildman–Crippen MR) is 95.0 cm³/mol. The molecule has 134 valence electrons. The maximum atomic E-state index is 12.8. The second-order valence-electron chi connectivity index (χ2n) is 8.41. The van der Waals surface area contributed by atoms with Gasteiger partial charge in [0.25, 0.3) is 5.91 Å². The van der Waals surface area contributed by atoms with Crippen molar-refractivity contribution in [1.29, 1.82) is 5.26 Å². The van der Waals surface area contributed by atoms with Crippen LogP contribution in [0.2, 0.25) is 0 Å². The summed E-state index contributed by atoms with van der Waals surface area (Å²) in [5.41, 5.74) is 6.05. The summed E-state index contributed by atoms with van der Waals surface area (Å²) >= 11 is 0. The van der Waals surface area contributed by atoms with Crippen molar-refractivity contribution in [1.82, 2.24) is 14.7 Å². The molecule has 0 spiro atoms. The molecule has 0 bridgehead atoms. The first-order valence-corrected chi connectivity index (χ1v) is 8.71. The normalized spacial score (nSPS) is 25.5. The highest BCUT2D eigenvalue weighted by molar-refractivity contribution is 5.97. The number of nitrogens with two attached hydrogens (primary N) is 1. The molecule has 2 saturated heterocycles. The lowest BCUT2D eigenvalue weighted by Crippen LogP contribution is -2.61. The standard InChI is InChI=1S/C18H31N5O/c1-17(2)10-15(20)11-18(3,4)23(17)13-14(12-19)16(24)22-8-6-21(5)7-9-22/h13,15H,6-11,20H2,1-5H3/b14-13-. The Morgan fingerprint density at radius 2 is 1.62 bits per heavy atom. The molecule has 0 saturated carbocycles. The van der Waals surface area contributed by atoms with E-state index >= 15 is 0 Å². The van der Waals surface area contributed by atoms with Gasteiger partial charge in [-0.05, 0) is 47.6 Å². The van der Waals surface area contributed by atoms with Gasteiger partial charge in [0.05, 0.1) is 0 Å². The summed E-state index contributed by atoms with van der Waals surface area (Å²) in [4.78, 5) is 18.9. The molecule has 0 aliphatic carbocycles. The molecule has 2 fully saturated rings. The number of piperazine rings is 1. The summed E-state index contributed by atoms with van der Waals surface area (Å²) < 4.78 is 0. The minimum atomic E-state index is -0.189. The number of amides is 1. The van der Waals surface area contributed by atoms with Gasteiger partial charge in [-0.3, -0.25) is 4.79 Å². The van der Waals surface area contributed by atoms with Crippen LogP contribution < -0.4 is 5.73 Å². The molecule has 0 aromatic rings. The molecule has 0 atom stereocenters. The van der Waals surface area contributed by atoms with Crippen molar-refractivity contribution in [2.75, 3.05) is 33.2 Å². The minimum Gasteiger partial charge on any atom is -0.366 e. The Balaban J connectivity index is 2.25. The molecule has 2 rings (SSSR count). The van der Waals surface area contributed by atoms with Crippen LogP contribution in [0.1, 0.15) is 40.5 Å². The number of piperidine rings is 1.